The first kappa shape index (κ1) is 10.3. The molecule has 0 unspecified atom stereocenters. The van der Waals surface area contributed by atoms with E-state index in [0.29, 0.717) is 12.2 Å². The molecule has 0 saturated heterocycles. The molecule has 0 saturated carbocycles. The van der Waals surface area contributed by atoms with Gasteiger partial charge in [-0.15, -0.1) is 0 Å². The lowest BCUT2D eigenvalue weighted by Gasteiger charge is -2.01. The molecule has 0 radical (unpaired) electrons. The van der Waals surface area contributed by atoms with Crippen LogP contribution in [0.4, 0.5) is 10.3 Å². The summed E-state index contributed by atoms with van der Waals surface area (Å²) >= 11 is 0. The Hall–Kier alpha value is -2.24. The fraction of sp³-hybridized carbons (Fsp3) is 0.100. The van der Waals surface area contributed by atoms with Crippen molar-refractivity contribution in [1.82, 2.24) is 15.0 Å². The fourth-order valence-electron chi connectivity index (χ4n) is 1.33. The van der Waals surface area contributed by atoms with Crippen molar-refractivity contribution in [2.24, 2.45) is 0 Å². The van der Waals surface area contributed by atoms with Gasteiger partial charge in [-0.2, -0.15) is 9.97 Å². The first-order valence-corrected chi connectivity index (χ1v) is 4.60. The van der Waals surface area contributed by atoms with Gasteiger partial charge >= 0.3 is 5.69 Å². The second kappa shape index (κ2) is 4.09. The number of H-pyrrole nitrogens is 1. The zero-order chi connectivity index (χ0) is 11.5. The Kier molecular flexibility index (Phi) is 2.63. The quantitative estimate of drug-likeness (QED) is 0.770. The van der Waals surface area contributed by atoms with Crippen LogP contribution in [0.2, 0.25) is 0 Å². The highest BCUT2D eigenvalue weighted by Gasteiger charge is 2.01. The molecule has 2 rings (SSSR count). The maximum absolute atomic E-state index is 12.7. The van der Waals surface area contributed by atoms with E-state index in [1.54, 1.807) is 12.1 Å². The van der Waals surface area contributed by atoms with E-state index in [0.717, 1.165) is 5.56 Å². The molecule has 0 atom stereocenters. The molecule has 2 aromatic rings. The predicted octanol–water partition coefficient (Wildman–Crippen LogP) is 0.477. The average molecular weight is 220 g/mol. The van der Waals surface area contributed by atoms with Crippen LogP contribution in [0.1, 0.15) is 11.4 Å². The Labute approximate surface area is 90.2 Å². The molecule has 5 nitrogen and oxygen atoms in total. The SMILES string of the molecule is Nc1nc(Cc2ccc(F)cc2)[nH]c(=O)n1. The van der Waals surface area contributed by atoms with E-state index >= 15 is 0 Å². The Bertz CT molecular complexity index is 549. The number of anilines is 1. The summed E-state index contributed by atoms with van der Waals surface area (Å²) in [4.78, 5) is 20.7. The van der Waals surface area contributed by atoms with E-state index in [2.05, 4.69) is 15.0 Å². The summed E-state index contributed by atoms with van der Waals surface area (Å²) in [6.45, 7) is 0. The lowest BCUT2D eigenvalue weighted by Crippen LogP contribution is -2.17. The van der Waals surface area contributed by atoms with Gasteiger partial charge in [0, 0.05) is 6.42 Å². The van der Waals surface area contributed by atoms with Gasteiger partial charge in [-0.3, -0.25) is 4.98 Å². The van der Waals surface area contributed by atoms with Gasteiger partial charge in [0.2, 0.25) is 5.95 Å². The molecule has 0 spiro atoms. The molecule has 0 bridgehead atoms. The maximum Gasteiger partial charge on any atom is 0.349 e. The van der Waals surface area contributed by atoms with Gasteiger partial charge < -0.3 is 5.73 Å². The zero-order valence-electron chi connectivity index (χ0n) is 8.27. The standard InChI is InChI=1S/C10H9FN4O/c11-7-3-1-6(2-4-7)5-8-13-9(12)15-10(16)14-8/h1-4H,5H2,(H3,12,13,14,15,16). The van der Waals surface area contributed by atoms with Crippen LogP contribution in [0, 0.1) is 5.82 Å². The van der Waals surface area contributed by atoms with Gasteiger partial charge in [0.25, 0.3) is 0 Å². The third-order valence-corrected chi connectivity index (χ3v) is 2.00. The summed E-state index contributed by atoms with van der Waals surface area (Å²) in [5, 5.41) is 0. The molecule has 16 heavy (non-hydrogen) atoms. The smallest absolute Gasteiger partial charge is 0.349 e. The number of halogens is 1. The number of aromatic amines is 1. The highest BCUT2D eigenvalue weighted by atomic mass is 19.1. The minimum Gasteiger partial charge on any atom is -0.368 e. The molecule has 0 amide bonds. The van der Waals surface area contributed by atoms with Gasteiger partial charge in [0.1, 0.15) is 11.6 Å². The van der Waals surface area contributed by atoms with Crippen molar-refractivity contribution in [2.45, 2.75) is 6.42 Å². The Morgan fingerprint density at radius 1 is 1.25 bits per heavy atom. The van der Waals surface area contributed by atoms with Crippen molar-refractivity contribution < 1.29 is 4.39 Å². The van der Waals surface area contributed by atoms with Crippen LogP contribution in [-0.4, -0.2) is 15.0 Å². The molecule has 0 aliphatic heterocycles. The first-order valence-electron chi connectivity index (χ1n) is 4.60. The number of nitrogens with one attached hydrogen (secondary N) is 1. The molecule has 3 N–H and O–H groups in total. The van der Waals surface area contributed by atoms with Crippen LogP contribution in [0.15, 0.2) is 29.1 Å². The van der Waals surface area contributed by atoms with Gasteiger partial charge in [-0.05, 0) is 17.7 Å². The summed E-state index contributed by atoms with van der Waals surface area (Å²) in [7, 11) is 0. The van der Waals surface area contributed by atoms with Gasteiger partial charge in [-0.1, -0.05) is 12.1 Å². The van der Waals surface area contributed by atoms with E-state index in [9.17, 15) is 9.18 Å². The molecule has 1 aromatic heterocycles. The molecule has 1 aromatic carbocycles. The monoisotopic (exact) mass is 220 g/mol. The highest BCUT2D eigenvalue weighted by Crippen LogP contribution is 2.06. The molecule has 0 aliphatic carbocycles. The van der Waals surface area contributed by atoms with Crippen LogP contribution in [0.5, 0.6) is 0 Å². The third kappa shape index (κ3) is 2.41. The van der Waals surface area contributed by atoms with Crippen molar-refractivity contribution in [2.75, 3.05) is 5.73 Å². The number of nitrogen functional groups attached to an aromatic ring is 1. The van der Waals surface area contributed by atoms with Gasteiger partial charge in [0.05, 0.1) is 0 Å². The van der Waals surface area contributed by atoms with E-state index in [-0.39, 0.29) is 11.8 Å². The third-order valence-electron chi connectivity index (χ3n) is 2.00. The molecular formula is C10H9FN4O. The van der Waals surface area contributed by atoms with Gasteiger partial charge in [-0.25, -0.2) is 9.18 Å². The number of rotatable bonds is 2. The van der Waals surface area contributed by atoms with Crippen LogP contribution >= 0.6 is 0 Å². The van der Waals surface area contributed by atoms with Crippen molar-refractivity contribution in [3.8, 4) is 0 Å². The fourth-order valence-corrected chi connectivity index (χ4v) is 1.33. The summed E-state index contributed by atoms with van der Waals surface area (Å²) in [5.41, 5.74) is 5.63. The summed E-state index contributed by atoms with van der Waals surface area (Å²) < 4.78 is 12.7. The van der Waals surface area contributed by atoms with E-state index in [1.807, 2.05) is 0 Å². The number of nitrogens with two attached hydrogens (primary N) is 1. The molecule has 82 valence electrons. The molecule has 0 fully saturated rings. The number of hydrogen-bond acceptors (Lipinski definition) is 4. The summed E-state index contributed by atoms with van der Waals surface area (Å²) in [6.07, 6.45) is 0.377. The predicted molar refractivity (Wildman–Crippen MR) is 56.3 cm³/mol. The van der Waals surface area contributed by atoms with Crippen molar-refractivity contribution in [1.29, 1.82) is 0 Å². The van der Waals surface area contributed by atoms with Crippen molar-refractivity contribution in [3.63, 3.8) is 0 Å². The highest BCUT2D eigenvalue weighted by molar-refractivity contribution is 5.21. The normalized spacial score (nSPS) is 10.3. The second-order valence-corrected chi connectivity index (χ2v) is 3.26. The van der Waals surface area contributed by atoms with Crippen molar-refractivity contribution >= 4 is 5.95 Å². The number of benzene rings is 1. The van der Waals surface area contributed by atoms with Crippen LogP contribution in [-0.2, 0) is 6.42 Å². The van der Waals surface area contributed by atoms with E-state index in [4.69, 9.17) is 5.73 Å². The Morgan fingerprint density at radius 2 is 1.94 bits per heavy atom. The van der Waals surface area contributed by atoms with E-state index in [1.165, 1.54) is 12.1 Å². The maximum atomic E-state index is 12.7. The molecular weight excluding hydrogens is 211 g/mol. The van der Waals surface area contributed by atoms with Crippen LogP contribution in [0.3, 0.4) is 0 Å². The average Bonchev–Trinajstić information content (AvgIpc) is 2.20. The second-order valence-electron chi connectivity index (χ2n) is 3.26. The zero-order valence-corrected chi connectivity index (χ0v) is 8.27. The molecule has 6 heteroatoms. The van der Waals surface area contributed by atoms with Crippen LogP contribution < -0.4 is 11.4 Å². The number of aromatic nitrogens is 3. The number of hydrogen-bond donors (Lipinski definition) is 2. The number of nitrogens with zero attached hydrogens (tertiary/aromatic N) is 2. The van der Waals surface area contributed by atoms with Crippen LogP contribution in [0.25, 0.3) is 0 Å². The largest absolute Gasteiger partial charge is 0.368 e. The lowest BCUT2D eigenvalue weighted by molar-refractivity contribution is 0.627. The minimum atomic E-state index is -0.537. The topological polar surface area (TPSA) is 84.7 Å². The first-order chi connectivity index (χ1) is 7.63. The molecule has 1 heterocycles. The summed E-state index contributed by atoms with van der Waals surface area (Å²) in [6, 6.07) is 5.92. The minimum absolute atomic E-state index is 0.0686. The lowest BCUT2D eigenvalue weighted by atomic mass is 10.1. The van der Waals surface area contributed by atoms with E-state index < -0.39 is 5.69 Å². The van der Waals surface area contributed by atoms with Crippen molar-refractivity contribution in [3.05, 3.63) is 52.0 Å². The van der Waals surface area contributed by atoms with Gasteiger partial charge in [0.15, 0.2) is 0 Å². The molecule has 0 aliphatic rings. The Morgan fingerprint density at radius 3 is 2.56 bits per heavy atom. The Balaban J connectivity index is 2.26. The summed E-state index contributed by atoms with van der Waals surface area (Å²) in [5.74, 6) is 0.0319.